The van der Waals surface area contributed by atoms with E-state index in [1.807, 2.05) is 13.8 Å². The van der Waals surface area contributed by atoms with Crippen molar-refractivity contribution in [1.82, 2.24) is 9.80 Å². The molecule has 1 aliphatic rings. The zero-order valence-electron chi connectivity index (χ0n) is 11.9. The molecular formula is C14H27N3. The Bertz CT molecular complexity index is 257. The van der Waals surface area contributed by atoms with Crippen molar-refractivity contribution in [1.29, 1.82) is 5.26 Å². The first-order valence-electron chi connectivity index (χ1n) is 6.84. The summed E-state index contributed by atoms with van der Waals surface area (Å²) in [6.45, 7) is 14.1. The van der Waals surface area contributed by atoms with Gasteiger partial charge in [0, 0.05) is 26.2 Å². The molecule has 0 spiro atoms. The van der Waals surface area contributed by atoms with E-state index in [9.17, 15) is 0 Å². The van der Waals surface area contributed by atoms with Crippen molar-refractivity contribution < 1.29 is 0 Å². The van der Waals surface area contributed by atoms with Crippen LogP contribution in [0.2, 0.25) is 0 Å². The molecule has 1 saturated heterocycles. The van der Waals surface area contributed by atoms with E-state index in [1.165, 1.54) is 19.4 Å². The summed E-state index contributed by atoms with van der Waals surface area (Å²) in [7, 11) is 0. The van der Waals surface area contributed by atoms with Gasteiger partial charge in [-0.15, -0.1) is 0 Å². The quantitative estimate of drug-likeness (QED) is 0.735. The van der Waals surface area contributed by atoms with Crippen LogP contribution in [0, 0.1) is 17.2 Å². The van der Waals surface area contributed by atoms with Crippen molar-refractivity contribution in [3.05, 3.63) is 0 Å². The predicted octanol–water partition coefficient (Wildman–Crippen LogP) is 2.34. The summed E-state index contributed by atoms with van der Waals surface area (Å²) in [5.74, 6) is 0.814. The smallest absolute Gasteiger partial charge is 0.103 e. The third kappa shape index (κ3) is 4.65. The molecule has 0 amide bonds. The molecule has 1 rings (SSSR count). The summed E-state index contributed by atoms with van der Waals surface area (Å²) in [4.78, 5) is 4.83. The van der Waals surface area contributed by atoms with Crippen LogP contribution in [0.4, 0.5) is 0 Å². The Morgan fingerprint density at radius 3 is 2.24 bits per heavy atom. The zero-order chi connectivity index (χ0) is 12.9. The Balaban J connectivity index is 2.25. The van der Waals surface area contributed by atoms with Gasteiger partial charge < -0.3 is 4.90 Å². The molecule has 0 aromatic carbocycles. The molecule has 0 aromatic rings. The zero-order valence-corrected chi connectivity index (χ0v) is 11.9. The first kappa shape index (κ1) is 14.5. The first-order chi connectivity index (χ1) is 7.95. The van der Waals surface area contributed by atoms with Gasteiger partial charge in [0.15, 0.2) is 0 Å². The van der Waals surface area contributed by atoms with E-state index in [1.54, 1.807) is 0 Å². The van der Waals surface area contributed by atoms with Gasteiger partial charge in [-0.2, -0.15) is 5.26 Å². The topological polar surface area (TPSA) is 30.3 Å². The van der Waals surface area contributed by atoms with Crippen LogP contribution in [-0.4, -0.2) is 48.1 Å². The average molecular weight is 237 g/mol. The largest absolute Gasteiger partial charge is 0.301 e. The standard InChI is InChI=1S/C14H27N3/c1-13(2)6-5-7-16-8-10-17(11-9-16)14(3,4)12-15/h13H,5-11H2,1-4H3. The minimum atomic E-state index is -0.302. The number of rotatable bonds is 5. The minimum Gasteiger partial charge on any atom is -0.301 e. The minimum absolute atomic E-state index is 0.302. The third-order valence-electron chi connectivity index (χ3n) is 3.69. The van der Waals surface area contributed by atoms with Crippen LogP contribution in [0.3, 0.4) is 0 Å². The molecule has 1 heterocycles. The molecule has 0 aromatic heterocycles. The van der Waals surface area contributed by atoms with Crippen molar-refractivity contribution >= 4 is 0 Å². The van der Waals surface area contributed by atoms with Gasteiger partial charge >= 0.3 is 0 Å². The van der Waals surface area contributed by atoms with Crippen LogP contribution < -0.4 is 0 Å². The van der Waals surface area contributed by atoms with Gasteiger partial charge in [-0.25, -0.2) is 0 Å². The van der Waals surface area contributed by atoms with E-state index in [0.29, 0.717) is 0 Å². The van der Waals surface area contributed by atoms with Crippen LogP contribution >= 0.6 is 0 Å². The fraction of sp³-hybridized carbons (Fsp3) is 0.929. The highest BCUT2D eigenvalue weighted by Gasteiger charge is 2.29. The van der Waals surface area contributed by atoms with Crippen molar-refractivity contribution in [2.75, 3.05) is 32.7 Å². The second-order valence-corrected chi connectivity index (χ2v) is 6.04. The van der Waals surface area contributed by atoms with E-state index < -0.39 is 0 Å². The fourth-order valence-electron chi connectivity index (χ4n) is 2.32. The molecule has 0 atom stereocenters. The molecule has 3 heteroatoms. The highest BCUT2D eigenvalue weighted by atomic mass is 15.3. The molecule has 3 nitrogen and oxygen atoms in total. The summed E-state index contributed by atoms with van der Waals surface area (Å²) in [5.41, 5.74) is -0.302. The first-order valence-corrected chi connectivity index (χ1v) is 6.84. The summed E-state index contributed by atoms with van der Waals surface area (Å²) >= 11 is 0. The lowest BCUT2D eigenvalue weighted by Crippen LogP contribution is -2.54. The monoisotopic (exact) mass is 237 g/mol. The summed E-state index contributed by atoms with van der Waals surface area (Å²) in [6.07, 6.45) is 2.63. The van der Waals surface area contributed by atoms with Crippen molar-refractivity contribution in [2.24, 2.45) is 5.92 Å². The lowest BCUT2D eigenvalue weighted by atomic mass is 10.0. The number of nitriles is 1. The Labute approximate surface area is 106 Å². The molecule has 0 bridgehead atoms. The van der Waals surface area contributed by atoms with Gasteiger partial charge in [-0.1, -0.05) is 13.8 Å². The molecule has 0 aliphatic carbocycles. The molecule has 0 radical (unpaired) electrons. The van der Waals surface area contributed by atoms with Gasteiger partial charge in [0.1, 0.15) is 5.54 Å². The highest BCUT2D eigenvalue weighted by molar-refractivity contribution is 5.02. The van der Waals surface area contributed by atoms with E-state index >= 15 is 0 Å². The van der Waals surface area contributed by atoms with E-state index in [0.717, 1.165) is 32.1 Å². The van der Waals surface area contributed by atoms with Crippen molar-refractivity contribution in [2.45, 2.75) is 46.1 Å². The Hall–Kier alpha value is -0.590. The van der Waals surface area contributed by atoms with E-state index in [2.05, 4.69) is 29.7 Å². The molecule has 17 heavy (non-hydrogen) atoms. The predicted molar refractivity (Wildman–Crippen MR) is 71.8 cm³/mol. The molecule has 1 aliphatic heterocycles. The molecule has 98 valence electrons. The lowest BCUT2D eigenvalue weighted by molar-refractivity contribution is 0.0788. The van der Waals surface area contributed by atoms with Gasteiger partial charge in [-0.3, -0.25) is 4.90 Å². The maximum Gasteiger partial charge on any atom is 0.103 e. The summed E-state index contributed by atoms with van der Waals surface area (Å²) in [6, 6.07) is 2.39. The third-order valence-corrected chi connectivity index (χ3v) is 3.69. The SMILES string of the molecule is CC(C)CCCN1CCN(C(C)(C)C#N)CC1. The second kappa shape index (κ2) is 6.37. The maximum absolute atomic E-state index is 9.11. The van der Waals surface area contributed by atoms with Crippen molar-refractivity contribution in [3.63, 3.8) is 0 Å². The van der Waals surface area contributed by atoms with Crippen LogP contribution in [0.25, 0.3) is 0 Å². The van der Waals surface area contributed by atoms with Crippen LogP contribution in [0.1, 0.15) is 40.5 Å². The molecular weight excluding hydrogens is 210 g/mol. The number of hydrogen-bond acceptors (Lipinski definition) is 3. The number of piperazine rings is 1. The number of hydrogen-bond donors (Lipinski definition) is 0. The Morgan fingerprint density at radius 1 is 1.18 bits per heavy atom. The average Bonchev–Trinajstić information content (AvgIpc) is 2.29. The van der Waals surface area contributed by atoms with Crippen molar-refractivity contribution in [3.8, 4) is 6.07 Å². The van der Waals surface area contributed by atoms with Gasteiger partial charge in [0.2, 0.25) is 0 Å². The van der Waals surface area contributed by atoms with Crippen LogP contribution in [0.5, 0.6) is 0 Å². The molecule has 1 fully saturated rings. The molecule has 0 saturated carbocycles. The fourth-order valence-corrected chi connectivity index (χ4v) is 2.32. The van der Waals surface area contributed by atoms with Gasteiger partial charge in [0.25, 0.3) is 0 Å². The summed E-state index contributed by atoms with van der Waals surface area (Å²) in [5, 5.41) is 9.11. The Kier molecular flexibility index (Phi) is 5.42. The lowest BCUT2D eigenvalue weighted by Gasteiger charge is -2.40. The van der Waals surface area contributed by atoms with E-state index in [-0.39, 0.29) is 5.54 Å². The van der Waals surface area contributed by atoms with Gasteiger partial charge in [-0.05, 0) is 39.2 Å². The summed E-state index contributed by atoms with van der Waals surface area (Å²) < 4.78 is 0. The van der Waals surface area contributed by atoms with Crippen LogP contribution in [0.15, 0.2) is 0 Å². The molecule has 0 unspecified atom stereocenters. The van der Waals surface area contributed by atoms with Gasteiger partial charge in [0.05, 0.1) is 6.07 Å². The van der Waals surface area contributed by atoms with Crippen LogP contribution in [-0.2, 0) is 0 Å². The van der Waals surface area contributed by atoms with E-state index in [4.69, 9.17) is 5.26 Å². The highest BCUT2D eigenvalue weighted by Crippen LogP contribution is 2.16. The normalized spacial score (nSPS) is 19.5. The number of nitrogens with zero attached hydrogens (tertiary/aromatic N) is 3. The Morgan fingerprint density at radius 2 is 1.76 bits per heavy atom. The molecule has 0 N–H and O–H groups in total. The second-order valence-electron chi connectivity index (χ2n) is 6.04. The maximum atomic E-state index is 9.11.